The van der Waals surface area contributed by atoms with Gasteiger partial charge in [-0.2, -0.15) is 0 Å². The van der Waals surface area contributed by atoms with E-state index in [2.05, 4.69) is 36.5 Å². The number of nitrogens with zero attached hydrogens (tertiary/aromatic N) is 2. The topological polar surface area (TPSA) is 76.1 Å². The summed E-state index contributed by atoms with van der Waals surface area (Å²) in [5, 5.41) is 5.86. The number of benzene rings is 2. The lowest BCUT2D eigenvalue weighted by molar-refractivity contribution is 0.102. The molecule has 0 saturated carbocycles. The van der Waals surface area contributed by atoms with Crippen molar-refractivity contribution in [1.29, 1.82) is 0 Å². The van der Waals surface area contributed by atoms with Gasteiger partial charge in [-0.15, -0.1) is 0 Å². The fraction of sp³-hybridized carbons (Fsp3) is 0.0556. The minimum Gasteiger partial charge on any atom is -0.497 e. The number of anilines is 3. The molecule has 0 unspecified atom stereocenters. The van der Waals surface area contributed by atoms with E-state index < -0.39 is 0 Å². The number of amides is 1. The summed E-state index contributed by atoms with van der Waals surface area (Å²) < 4.78 is 6.06. The van der Waals surface area contributed by atoms with Gasteiger partial charge in [0.25, 0.3) is 5.91 Å². The van der Waals surface area contributed by atoms with Crippen molar-refractivity contribution in [2.45, 2.75) is 0 Å². The van der Waals surface area contributed by atoms with Gasteiger partial charge in [-0.05, 0) is 30.3 Å². The molecular weight excluding hydrogens is 384 g/mol. The number of ether oxygens (including phenoxy) is 1. The molecular formula is C18H15BrN4O2. The van der Waals surface area contributed by atoms with Gasteiger partial charge in [-0.1, -0.05) is 28.1 Å². The van der Waals surface area contributed by atoms with Crippen molar-refractivity contribution in [2.75, 3.05) is 17.7 Å². The molecule has 1 aromatic heterocycles. The summed E-state index contributed by atoms with van der Waals surface area (Å²) in [7, 11) is 1.61. The van der Waals surface area contributed by atoms with Gasteiger partial charge in [0.15, 0.2) is 0 Å². The molecule has 0 aliphatic heterocycles. The first-order valence-corrected chi connectivity index (χ1v) is 8.23. The van der Waals surface area contributed by atoms with Gasteiger partial charge >= 0.3 is 0 Å². The molecule has 2 aromatic carbocycles. The third-order valence-electron chi connectivity index (χ3n) is 3.32. The third kappa shape index (κ3) is 4.54. The van der Waals surface area contributed by atoms with E-state index in [0.717, 1.165) is 15.9 Å². The molecule has 0 radical (unpaired) electrons. The number of hydrogen-bond donors (Lipinski definition) is 2. The highest BCUT2D eigenvalue weighted by Gasteiger charge is 2.08. The quantitative estimate of drug-likeness (QED) is 0.671. The lowest BCUT2D eigenvalue weighted by Crippen LogP contribution is -2.13. The van der Waals surface area contributed by atoms with Gasteiger partial charge < -0.3 is 15.4 Å². The smallest absolute Gasteiger partial charge is 0.258 e. The summed E-state index contributed by atoms with van der Waals surface area (Å²) in [4.78, 5) is 20.6. The average molecular weight is 399 g/mol. The first kappa shape index (κ1) is 16.9. The zero-order valence-corrected chi connectivity index (χ0v) is 14.9. The Morgan fingerprint density at radius 2 is 1.76 bits per heavy atom. The second kappa shape index (κ2) is 7.76. The highest BCUT2D eigenvalue weighted by molar-refractivity contribution is 9.10. The zero-order chi connectivity index (χ0) is 17.6. The molecule has 2 N–H and O–H groups in total. The van der Waals surface area contributed by atoms with Crippen LogP contribution in [0.3, 0.4) is 0 Å². The minimum atomic E-state index is -0.272. The number of methoxy groups -OCH3 is 1. The van der Waals surface area contributed by atoms with Gasteiger partial charge in [0.1, 0.15) is 5.75 Å². The lowest BCUT2D eigenvalue weighted by Gasteiger charge is -2.08. The number of nitrogens with one attached hydrogen (secondary N) is 2. The Balaban J connectivity index is 1.68. The van der Waals surface area contributed by atoms with Crippen molar-refractivity contribution in [3.8, 4) is 5.75 Å². The third-order valence-corrected chi connectivity index (χ3v) is 3.82. The summed E-state index contributed by atoms with van der Waals surface area (Å²) in [6, 6.07) is 14.8. The normalized spacial score (nSPS) is 10.2. The van der Waals surface area contributed by atoms with E-state index in [1.54, 1.807) is 7.11 Å². The van der Waals surface area contributed by atoms with Gasteiger partial charge in [0.2, 0.25) is 5.95 Å². The molecule has 0 fully saturated rings. The van der Waals surface area contributed by atoms with Crippen LogP contribution in [0.15, 0.2) is 65.4 Å². The average Bonchev–Trinajstić information content (AvgIpc) is 2.62. The molecule has 0 saturated heterocycles. The standard InChI is InChI=1S/C18H15BrN4O2/c1-25-16-7-3-6-15(9-16)23-18-20-10-12(11-21-18)17(24)22-14-5-2-4-13(19)8-14/h2-11H,1H3,(H,22,24)(H,20,21,23). The molecule has 3 aromatic rings. The fourth-order valence-corrected chi connectivity index (χ4v) is 2.51. The Hall–Kier alpha value is -2.93. The van der Waals surface area contributed by atoms with Crippen LogP contribution < -0.4 is 15.4 Å². The second-order valence-corrected chi connectivity index (χ2v) is 6.03. The largest absolute Gasteiger partial charge is 0.497 e. The minimum absolute atomic E-state index is 0.272. The maximum Gasteiger partial charge on any atom is 0.258 e. The highest BCUT2D eigenvalue weighted by Crippen LogP contribution is 2.19. The summed E-state index contributed by atoms with van der Waals surface area (Å²) >= 11 is 3.37. The Kier molecular flexibility index (Phi) is 5.25. The van der Waals surface area contributed by atoms with E-state index in [0.29, 0.717) is 17.2 Å². The molecule has 0 atom stereocenters. The zero-order valence-electron chi connectivity index (χ0n) is 13.4. The maximum absolute atomic E-state index is 12.2. The first-order chi connectivity index (χ1) is 12.1. The molecule has 0 aliphatic rings. The molecule has 0 spiro atoms. The second-order valence-electron chi connectivity index (χ2n) is 5.12. The Morgan fingerprint density at radius 1 is 1.04 bits per heavy atom. The van der Waals surface area contributed by atoms with E-state index in [1.165, 1.54) is 12.4 Å². The number of aromatic nitrogens is 2. The Labute approximate surface area is 153 Å². The molecule has 25 heavy (non-hydrogen) atoms. The molecule has 1 amide bonds. The number of carbonyl (C=O) groups excluding carboxylic acids is 1. The van der Waals surface area contributed by atoms with Crippen LogP contribution in [-0.4, -0.2) is 23.0 Å². The van der Waals surface area contributed by atoms with E-state index in [9.17, 15) is 4.79 Å². The Bertz CT molecular complexity index is 884. The summed E-state index contributed by atoms with van der Waals surface area (Å²) in [5.41, 5.74) is 1.86. The van der Waals surface area contributed by atoms with Crippen molar-refractivity contribution in [2.24, 2.45) is 0 Å². The lowest BCUT2D eigenvalue weighted by atomic mass is 10.3. The van der Waals surface area contributed by atoms with Crippen molar-refractivity contribution >= 4 is 39.2 Å². The molecule has 7 heteroatoms. The van der Waals surface area contributed by atoms with Crippen molar-refractivity contribution in [3.63, 3.8) is 0 Å². The molecule has 1 heterocycles. The maximum atomic E-state index is 12.2. The van der Waals surface area contributed by atoms with E-state index in [-0.39, 0.29) is 5.91 Å². The van der Waals surface area contributed by atoms with Crippen LogP contribution in [0.1, 0.15) is 10.4 Å². The van der Waals surface area contributed by atoms with E-state index in [1.807, 2.05) is 48.5 Å². The van der Waals surface area contributed by atoms with Crippen LogP contribution in [0.25, 0.3) is 0 Å². The first-order valence-electron chi connectivity index (χ1n) is 7.44. The SMILES string of the molecule is COc1cccc(Nc2ncc(C(=O)Nc3cccc(Br)c3)cn2)c1. The highest BCUT2D eigenvalue weighted by atomic mass is 79.9. The van der Waals surface area contributed by atoms with Crippen LogP contribution in [0, 0.1) is 0 Å². The van der Waals surface area contributed by atoms with Crippen LogP contribution in [0.2, 0.25) is 0 Å². The van der Waals surface area contributed by atoms with Crippen molar-refractivity contribution in [1.82, 2.24) is 9.97 Å². The van der Waals surface area contributed by atoms with Gasteiger partial charge in [-0.25, -0.2) is 9.97 Å². The summed E-state index contributed by atoms with van der Waals surface area (Å²) in [5.74, 6) is 0.855. The predicted molar refractivity (Wildman–Crippen MR) is 100 cm³/mol. The monoisotopic (exact) mass is 398 g/mol. The Morgan fingerprint density at radius 3 is 2.48 bits per heavy atom. The molecule has 3 rings (SSSR count). The number of hydrogen-bond acceptors (Lipinski definition) is 5. The van der Waals surface area contributed by atoms with E-state index >= 15 is 0 Å². The summed E-state index contributed by atoms with van der Waals surface area (Å²) in [6.45, 7) is 0. The van der Waals surface area contributed by atoms with Gasteiger partial charge in [0, 0.05) is 34.3 Å². The van der Waals surface area contributed by atoms with Crippen molar-refractivity contribution in [3.05, 3.63) is 71.0 Å². The van der Waals surface area contributed by atoms with Gasteiger partial charge in [0.05, 0.1) is 12.7 Å². The van der Waals surface area contributed by atoms with E-state index in [4.69, 9.17) is 4.74 Å². The summed E-state index contributed by atoms with van der Waals surface area (Å²) in [6.07, 6.45) is 2.95. The van der Waals surface area contributed by atoms with Gasteiger partial charge in [-0.3, -0.25) is 4.79 Å². The number of halogens is 1. The van der Waals surface area contributed by atoms with Crippen LogP contribution in [-0.2, 0) is 0 Å². The number of rotatable bonds is 5. The number of carbonyl (C=O) groups is 1. The molecule has 126 valence electrons. The van der Waals surface area contributed by atoms with Crippen LogP contribution in [0.4, 0.5) is 17.3 Å². The fourth-order valence-electron chi connectivity index (χ4n) is 2.11. The van der Waals surface area contributed by atoms with Crippen molar-refractivity contribution < 1.29 is 9.53 Å². The van der Waals surface area contributed by atoms with Crippen LogP contribution in [0.5, 0.6) is 5.75 Å². The molecule has 0 bridgehead atoms. The molecule has 0 aliphatic carbocycles. The predicted octanol–water partition coefficient (Wildman–Crippen LogP) is 4.24. The molecule has 6 nitrogen and oxygen atoms in total. The van der Waals surface area contributed by atoms with Crippen LogP contribution >= 0.6 is 15.9 Å².